The fourth-order valence-corrected chi connectivity index (χ4v) is 4.51. The number of carbonyl (C=O) groups excluding carboxylic acids is 1. The van der Waals surface area contributed by atoms with Gasteiger partial charge in [-0.3, -0.25) is 0 Å². The first-order valence-corrected chi connectivity index (χ1v) is 10.4. The van der Waals surface area contributed by atoms with Gasteiger partial charge in [-0.25, -0.2) is 13.6 Å². The molecule has 4 rings (SSSR count). The minimum absolute atomic E-state index is 0.197. The second-order valence-electron chi connectivity index (χ2n) is 8.85. The summed E-state index contributed by atoms with van der Waals surface area (Å²) >= 11 is 0. The Morgan fingerprint density at radius 3 is 1.97 bits per heavy atom. The molecule has 1 unspecified atom stereocenters. The molecule has 0 bridgehead atoms. The van der Waals surface area contributed by atoms with Gasteiger partial charge in [0.1, 0.15) is 11.6 Å². The van der Waals surface area contributed by atoms with Crippen molar-refractivity contribution in [2.75, 3.05) is 6.54 Å². The third-order valence-corrected chi connectivity index (χ3v) is 6.45. The number of amides is 2. The summed E-state index contributed by atoms with van der Waals surface area (Å²) in [7, 11) is 0. The molecule has 31 heavy (non-hydrogen) atoms. The van der Waals surface area contributed by atoms with E-state index in [0.29, 0.717) is 12.0 Å². The highest BCUT2D eigenvalue weighted by molar-refractivity contribution is 5.75. The summed E-state index contributed by atoms with van der Waals surface area (Å²) in [6.07, 6.45) is 0.712. The first-order valence-electron chi connectivity index (χ1n) is 10.4. The highest BCUT2D eigenvalue weighted by Crippen LogP contribution is 2.64. The largest absolute Gasteiger partial charge is 0.337 e. The first kappa shape index (κ1) is 21.0. The lowest BCUT2D eigenvalue weighted by molar-refractivity contribution is 0.236. The Morgan fingerprint density at radius 1 is 0.935 bits per heavy atom. The maximum atomic E-state index is 14.5. The smallest absolute Gasteiger partial charge is 0.315 e. The number of urea groups is 1. The Bertz CT molecular complexity index is 1030. The molecule has 160 valence electrons. The molecule has 0 saturated heterocycles. The average Bonchev–Trinajstić information content (AvgIpc) is 3.33. The van der Waals surface area contributed by atoms with Crippen LogP contribution >= 0.6 is 0 Å². The van der Waals surface area contributed by atoms with E-state index < -0.39 is 17.0 Å². The Kier molecular flexibility index (Phi) is 5.52. The number of halogens is 2. The van der Waals surface area contributed by atoms with Crippen molar-refractivity contribution in [2.45, 2.75) is 31.7 Å². The number of nitrogens with one attached hydrogen (secondary N) is 2. The molecule has 0 aliphatic heterocycles. The molecule has 2 amide bonds. The molecule has 0 radical (unpaired) electrons. The Labute approximate surface area is 181 Å². The highest BCUT2D eigenvalue weighted by Gasteiger charge is 2.62. The molecular weight excluding hydrogens is 394 g/mol. The minimum atomic E-state index is -0.603. The van der Waals surface area contributed by atoms with Gasteiger partial charge in [0, 0.05) is 18.0 Å². The van der Waals surface area contributed by atoms with Gasteiger partial charge in [0.25, 0.3) is 0 Å². The maximum Gasteiger partial charge on any atom is 0.315 e. The van der Waals surface area contributed by atoms with Crippen LogP contribution in [0.2, 0.25) is 0 Å². The quantitative estimate of drug-likeness (QED) is 0.526. The monoisotopic (exact) mass is 420 g/mol. The summed E-state index contributed by atoms with van der Waals surface area (Å²) < 4.78 is 27.9. The molecule has 1 fully saturated rings. The molecule has 0 aromatic heterocycles. The maximum absolute atomic E-state index is 14.5. The van der Waals surface area contributed by atoms with Gasteiger partial charge in [0.05, 0.1) is 6.04 Å². The molecule has 1 aliphatic carbocycles. The average molecular weight is 421 g/mol. The van der Waals surface area contributed by atoms with E-state index in [1.807, 2.05) is 74.5 Å². The molecule has 1 saturated carbocycles. The van der Waals surface area contributed by atoms with Crippen LogP contribution in [0.4, 0.5) is 13.6 Å². The summed E-state index contributed by atoms with van der Waals surface area (Å²) in [4.78, 5) is 12.9. The fourth-order valence-electron chi connectivity index (χ4n) is 4.51. The Hall–Kier alpha value is -3.21. The van der Waals surface area contributed by atoms with E-state index in [1.54, 1.807) is 0 Å². The summed E-state index contributed by atoms with van der Waals surface area (Å²) in [5.74, 6) is -1.17. The van der Waals surface area contributed by atoms with Gasteiger partial charge in [0.2, 0.25) is 0 Å². The fraction of sp³-hybridized carbons (Fsp3) is 0.269. The molecule has 5 heteroatoms. The molecular formula is C26H26F2N2O. The van der Waals surface area contributed by atoms with Crippen LogP contribution in [0, 0.1) is 17.0 Å². The molecule has 1 aliphatic rings. The van der Waals surface area contributed by atoms with Crippen molar-refractivity contribution in [2.24, 2.45) is 5.41 Å². The van der Waals surface area contributed by atoms with E-state index in [9.17, 15) is 13.6 Å². The lowest BCUT2D eigenvalue weighted by Crippen LogP contribution is -2.43. The lowest BCUT2D eigenvalue weighted by atomic mass is 9.87. The zero-order valence-electron chi connectivity index (χ0n) is 17.7. The van der Waals surface area contributed by atoms with Gasteiger partial charge < -0.3 is 10.6 Å². The van der Waals surface area contributed by atoms with Gasteiger partial charge >= 0.3 is 6.03 Å². The number of hydrogen-bond donors (Lipinski definition) is 2. The Balaban J connectivity index is 1.52. The second kappa shape index (κ2) is 8.14. The van der Waals surface area contributed by atoms with Gasteiger partial charge in [0.15, 0.2) is 0 Å². The van der Waals surface area contributed by atoms with Crippen molar-refractivity contribution in [3.63, 3.8) is 0 Å². The van der Waals surface area contributed by atoms with Gasteiger partial charge in [-0.1, -0.05) is 80.6 Å². The molecule has 2 N–H and O–H groups in total. The third-order valence-electron chi connectivity index (χ3n) is 6.45. The predicted molar refractivity (Wildman–Crippen MR) is 118 cm³/mol. The number of carbonyl (C=O) groups is 1. The van der Waals surface area contributed by atoms with Crippen LogP contribution in [-0.2, 0) is 5.41 Å². The molecule has 0 heterocycles. The van der Waals surface area contributed by atoms with Crippen molar-refractivity contribution in [3.05, 3.63) is 107 Å². The van der Waals surface area contributed by atoms with Crippen LogP contribution in [0.3, 0.4) is 0 Å². The second-order valence-corrected chi connectivity index (χ2v) is 8.85. The number of rotatable bonds is 6. The van der Waals surface area contributed by atoms with Gasteiger partial charge in [-0.15, -0.1) is 0 Å². The van der Waals surface area contributed by atoms with Crippen LogP contribution in [-0.4, -0.2) is 12.6 Å². The van der Waals surface area contributed by atoms with E-state index in [1.165, 1.54) is 12.1 Å². The van der Waals surface area contributed by atoms with E-state index >= 15 is 0 Å². The number of benzene rings is 3. The predicted octanol–water partition coefficient (Wildman–Crippen LogP) is 5.72. The molecule has 3 nitrogen and oxygen atoms in total. The lowest BCUT2D eigenvalue weighted by Gasteiger charge is -2.24. The van der Waals surface area contributed by atoms with Crippen LogP contribution < -0.4 is 10.6 Å². The zero-order chi connectivity index (χ0) is 22.1. The number of hydrogen-bond acceptors (Lipinski definition) is 1. The van der Waals surface area contributed by atoms with Crippen LogP contribution in [0.5, 0.6) is 0 Å². The third kappa shape index (κ3) is 4.18. The first-order chi connectivity index (χ1) is 14.8. The molecule has 3 aromatic carbocycles. The molecule has 0 spiro atoms. The van der Waals surface area contributed by atoms with Crippen molar-refractivity contribution >= 4 is 6.03 Å². The highest BCUT2D eigenvalue weighted by atomic mass is 19.1. The van der Waals surface area contributed by atoms with E-state index in [-0.39, 0.29) is 24.0 Å². The summed E-state index contributed by atoms with van der Waals surface area (Å²) in [6, 6.07) is 22.5. The van der Waals surface area contributed by atoms with Crippen molar-refractivity contribution in [3.8, 4) is 0 Å². The minimum Gasteiger partial charge on any atom is -0.337 e. The van der Waals surface area contributed by atoms with Crippen molar-refractivity contribution in [1.82, 2.24) is 10.6 Å². The van der Waals surface area contributed by atoms with E-state index in [2.05, 4.69) is 10.6 Å². The normalized spacial score (nSPS) is 19.1. The van der Waals surface area contributed by atoms with Crippen molar-refractivity contribution < 1.29 is 13.6 Å². The van der Waals surface area contributed by atoms with E-state index in [4.69, 9.17) is 0 Å². The van der Waals surface area contributed by atoms with E-state index in [0.717, 1.165) is 17.2 Å². The standard InChI is InChI=1S/C26H26F2N2O/c1-25(2)16-26(25,21-14-13-20(27)15-22(21)28)17-29-24(31)30-23(18-9-5-3-6-10-18)19-11-7-4-8-12-19/h3-15,23H,16-17H2,1-2H3,(H2,29,30,31). The zero-order valence-corrected chi connectivity index (χ0v) is 17.7. The van der Waals surface area contributed by atoms with Gasteiger partial charge in [-0.2, -0.15) is 0 Å². The SMILES string of the molecule is CC1(C)CC1(CNC(=O)NC(c1ccccc1)c1ccccc1)c1ccc(F)cc1F. The molecule has 3 aromatic rings. The molecule has 1 atom stereocenters. The van der Waals surface area contributed by atoms with Crippen molar-refractivity contribution in [1.29, 1.82) is 0 Å². The van der Waals surface area contributed by atoms with Crippen LogP contribution in [0.15, 0.2) is 78.9 Å². The summed E-state index contributed by atoms with van der Waals surface area (Å²) in [6.45, 7) is 4.34. The summed E-state index contributed by atoms with van der Waals surface area (Å²) in [5.41, 5.74) is 1.63. The topological polar surface area (TPSA) is 41.1 Å². The van der Waals surface area contributed by atoms with Crippen LogP contribution in [0.1, 0.15) is 43.0 Å². The van der Waals surface area contributed by atoms with Crippen LogP contribution in [0.25, 0.3) is 0 Å². The summed E-state index contributed by atoms with van der Waals surface area (Å²) in [5, 5.41) is 5.99. The van der Waals surface area contributed by atoms with Gasteiger partial charge in [-0.05, 0) is 34.6 Å². The Morgan fingerprint density at radius 2 is 1.48 bits per heavy atom.